The van der Waals surface area contributed by atoms with Crippen molar-refractivity contribution in [2.45, 2.75) is 50.0 Å². The number of nitrogens with one attached hydrogen (secondary N) is 2. The zero-order chi connectivity index (χ0) is 20.3. The fourth-order valence-corrected chi connectivity index (χ4v) is 4.84. The Bertz CT molecular complexity index is 1040. The molecule has 3 aliphatic rings. The average Bonchev–Trinajstić information content (AvgIpc) is 3.22. The Balaban J connectivity index is 1.59. The minimum atomic E-state index is -1.18. The SMILES string of the molecule is CNC(=O)[C@@]12C[C@@H]1[C@@H](n1cnc3c(NC4CCC4)nc(N=[N+]=[N-])nc31)[C@@H](O)C2O. The number of amides is 1. The Morgan fingerprint density at radius 1 is 1.41 bits per heavy atom. The van der Waals surface area contributed by atoms with E-state index in [9.17, 15) is 15.0 Å². The minimum Gasteiger partial charge on any atom is -0.389 e. The lowest BCUT2D eigenvalue weighted by molar-refractivity contribution is -0.132. The summed E-state index contributed by atoms with van der Waals surface area (Å²) in [6, 6.07) is -0.293. The summed E-state index contributed by atoms with van der Waals surface area (Å²) >= 11 is 0. The van der Waals surface area contributed by atoms with E-state index in [1.807, 2.05) is 0 Å². The molecular weight excluding hydrogens is 378 g/mol. The number of nitrogens with zero attached hydrogens (tertiary/aromatic N) is 7. The number of carbonyl (C=O) groups is 1. The predicted octanol–water partition coefficient (Wildman–Crippen LogP) is 0.761. The van der Waals surface area contributed by atoms with Gasteiger partial charge in [-0.1, -0.05) is 0 Å². The van der Waals surface area contributed by atoms with Crippen molar-refractivity contribution >= 4 is 28.8 Å². The van der Waals surface area contributed by atoms with Gasteiger partial charge in [-0.3, -0.25) is 4.79 Å². The molecule has 29 heavy (non-hydrogen) atoms. The fourth-order valence-electron chi connectivity index (χ4n) is 4.84. The Kier molecular flexibility index (Phi) is 3.92. The first-order valence-corrected chi connectivity index (χ1v) is 9.65. The third-order valence-electron chi connectivity index (χ3n) is 6.63. The third-order valence-corrected chi connectivity index (χ3v) is 6.63. The van der Waals surface area contributed by atoms with Crippen LogP contribution in [0.1, 0.15) is 31.7 Å². The van der Waals surface area contributed by atoms with Crippen LogP contribution in [-0.4, -0.2) is 60.9 Å². The van der Waals surface area contributed by atoms with E-state index in [0.717, 1.165) is 19.3 Å². The summed E-state index contributed by atoms with van der Waals surface area (Å²) in [4.78, 5) is 28.2. The van der Waals surface area contributed by atoms with Gasteiger partial charge in [0.15, 0.2) is 11.5 Å². The van der Waals surface area contributed by atoms with Crippen LogP contribution in [0.3, 0.4) is 0 Å². The Morgan fingerprint density at radius 3 is 2.86 bits per heavy atom. The molecule has 0 saturated heterocycles. The van der Waals surface area contributed by atoms with Gasteiger partial charge in [0.05, 0.1) is 23.9 Å². The van der Waals surface area contributed by atoms with Gasteiger partial charge in [-0.2, -0.15) is 0 Å². The topological polar surface area (TPSA) is 174 Å². The quantitative estimate of drug-likeness (QED) is 0.326. The molecule has 2 heterocycles. The number of carbonyl (C=O) groups excluding carboxylic acids is 1. The minimum absolute atomic E-state index is 0.0510. The summed E-state index contributed by atoms with van der Waals surface area (Å²) in [6.45, 7) is 0. The van der Waals surface area contributed by atoms with Crippen LogP contribution in [0.4, 0.5) is 11.8 Å². The molecule has 152 valence electrons. The van der Waals surface area contributed by atoms with Crippen LogP contribution in [0.15, 0.2) is 11.4 Å². The second kappa shape index (κ2) is 6.28. The van der Waals surface area contributed by atoms with Gasteiger partial charge in [0.1, 0.15) is 11.6 Å². The molecule has 2 aromatic heterocycles. The first-order chi connectivity index (χ1) is 14.0. The maximum absolute atomic E-state index is 12.4. The highest BCUT2D eigenvalue weighted by Gasteiger charge is 2.75. The number of azide groups is 1. The Morgan fingerprint density at radius 2 is 2.21 bits per heavy atom. The molecule has 5 atom stereocenters. The second-order valence-electron chi connectivity index (χ2n) is 8.01. The number of anilines is 1. The van der Waals surface area contributed by atoms with Crippen molar-refractivity contribution in [3.05, 3.63) is 16.8 Å². The van der Waals surface area contributed by atoms with Gasteiger partial charge in [-0.05, 0) is 36.3 Å². The van der Waals surface area contributed by atoms with E-state index >= 15 is 0 Å². The van der Waals surface area contributed by atoms with Crippen LogP contribution in [-0.2, 0) is 4.79 Å². The fraction of sp³-hybridized carbons (Fsp3) is 0.647. The Hall–Kier alpha value is -2.95. The number of aliphatic hydroxyl groups excluding tert-OH is 2. The smallest absolute Gasteiger partial charge is 0.229 e. The van der Waals surface area contributed by atoms with E-state index in [4.69, 9.17) is 5.53 Å². The molecule has 3 aliphatic carbocycles. The lowest BCUT2D eigenvalue weighted by Crippen LogP contribution is -2.41. The van der Waals surface area contributed by atoms with Gasteiger partial charge in [0, 0.05) is 23.9 Å². The molecule has 1 unspecified atom stereocenters. The molecule has 4 N–H and O–H groups in total. The highest BCUT2D eigenvalue weighted by Crippen LogP contribution is 2.67. The van der Waals surface area contributed by atoms with Crippen LogP contribution in [0.5, 0.6) is 0 Å². The van der Waals surface area contributed by atoms with Crippen molar-refractivity contribution in [3.8, 4) is 0 Å². The normalized spacial score (nSPS) is 32.9. The molecule has 0 aliphatic heterocycles. The third kappa shape index (κ3) is 2.43. The highest BCUT2D eigenvalue weighted by atomic mass is 16.3. The lowest BCUT2D eigenvalue weighted by atomic mass is 9.93. The molecule has 1 amide bonds. The molecule has 3 fully saturated rings. The molecule has 0 aromatic carbocycles. The van der Waals surface area contributed by atoms with Gasteiger partial charge < -0.3 is 25.4 Å². The van der Waals surface area contributed by atoms with E-state index in [1.54, 1.807) is 4.57 Å². The summed E-state index contributed by atoms with van der Waals surface area (Å²) in [5.41, 5.74) is 8.71. The molecule has 3 saturated carbocycles. The number of rotatable bonds is 5. The maximum Gasteiger partial charge on any atom is 0.229 e. The predicted molar refractivity (Wildman–Crippen MR) is 101 cm³/mol. The molecule has 5 rings (SSSR count). The van der Waals surface area contributed by atoms with E-state index in [1.165, 1.54) is 13.4 Å². The number of imidazole rings is 1. The van der Waals surface area contributed by atoms with E-state index in [2.05, 4.69) is 35.6 Å². The first kappa shape index (κ1) is 18.1. The summed E-state index contributed by atoms with van der Waals surface area (Å²) in [5, 5.41) is 30.7. The molecule has 12 heteroatoms. The summed E-state index contributed by atoms with van der Waals surface area (Å²) in [5.74, 6) is -0.101. The summed E-state index contributed by atoms with van der Waals surface area (Å²) < 4.78 is 1.66. The largest absolute Gasteiger partial charge is 0.389 e. The Labute approximate surface area is 165 Å². The second-order valence-corrected chi connectivity index (χ2v) is 8.01. The summed E-state index contributed by atoms with van der Waals surface area (Å²) in [7, 11) is 1.52. The van der Waals surface area contributed by atoms with Crippen LogP contribution in [0, 0.1) is 11.3 Å². The van der Waals surface area contributed by atoms with Gasteiger partial charge in [0.2, 0.25) is 11.9 Å². The molecule has 0 spiro atoms. The summed E-state index contributed by atoms with van der Waals surface area (Å²) in [6.07, 6.45) is 2.85. The van der Waals surface area contributed by atoms with E-state index < -0.39 is 23.7 Å². The van der Waals surface area contributed by atoms with Gasteiger partial charge in [0.25, 0.3) is 0 Å². The van der Waals surface area contributed by atoms with Crippen LogP contribution < -0.4 is 10.6 Å². The van der Waals surface area contributed by atoms with E-state index in [0.29, 0.717) is 23.4 Å². The number of aromatic nitrogens is 4. The maximum atomic E-state index is 12.4. The highest BCUT2D eigenvalue weighted by molar-refractivity contribution is 5.88. The molecule has 12 nitrogen and oxygen atoms in total. The van der Waals surface area contributed by atoms with Gasteiger partial charge in [-0.15, -0.1) is 0 Å². The van der Waals surface area contributed by atoms with Crippen molar-refractivity contribution in [2.24, 2.45) is 16.4 Å². The van der Waals surface area contributed by atoms with Crippen molar-refractivity contribution in [1.29, 1.82) is 0 Å². The van der Waals surface area contributed by atoms with Crippen molar-refractivity contribution in [3.63, 3.8) is 0 Å². The van der Waals surface area contributed by atoms with Gasteiger partial charge >= 0.3 is 0 Å². The number of hydrogen-bond donors (Lipinski definition) is 4. The number of hydrogen-bond acceptors (Lipinski definition) is 8. The molecule has 0 radical (unpaired) electrons. The molecule has 0 bridgehead atoms. The van der Waals surface area contributed by atoms with Crippen molar-refractivity contribution < 1.29 is 15.0 Å². The number of fused-ring (bicyclic) bond motifs is 2. The van der Waals surface area contributed by atoms with Crippen molar-refractivity contribution in [2.75, 3.05) is 12.4 Å². The van der Waals surface area contributed by atoms with Crippen LogP contribution in [0.2, 0.25) is 0 Å². The van der Waals surface area contributed by atoms with Crippen LogP contribution >= 0.6 is 0 Å². The first-order valence-electron chi connectivity index (χ1n) is 9.65. The average molecular weight is 399 g/mol. The zero-order valence-electron chi connectivity index (χ0n) is 15.7. The van der Waals surface area contributed by atoms with Crippen LogP contribution in [0.25, 0.3) is 21.6 Å². The van der Waals surface area contributed by atoms with Gasteiger partial charge in [-0.25, -0.2) is 15.0 Å². The zero-order valence-corrected chi connectivity index (χ0v) is 15.7. The number of aliphatic hydroxyl groups is 2. The van der Waals surface area contributed by atoms with Crippen molar-refractivity contribution in [1.82, 2.24) is 24.8 Å². The van der Waals surface area contributed by atoms with E-state index in [-0.39, 0.29) is 23.8 Å². The molecular formula is C17H21N9O3. The molecule has 2 aromatic rings. The monoisotopic (exact) mass is 399 g/mol. The lowest BCUT2D eigenvalue weighted by Gasteiger charge is -2.27. The standard InChI is InChI=1S/C17H21N9O3/c1-19-15(29)17-5-8(17)10(11(27)12(17)28)26-6-20-9-13(21-7-3-2-4-7)22-16(24-25-18)23-14(9)26/h6-8,10-12,27-28H,2-5H2,1H3,(H,19,29)(H,21,22,23)/t8-,10-,11-,12?,17+/m1/s1.